The van der Waals surface area contributed by atoms with Crippen LogP contribution < -0.4 is 10.2 Å². The predicted octanol–water partition coefficient (Wildman–Crippen LogP) is 2.03. The van der Waals surface area contributed by atoms with Crippen LogP contribution in [0.3, 0.4) is 0 Å². The number of anilines is 2. The average Bonchev–Trinajstić information content (AvgIpc) is 2.38. The van der Waals surface area contributed by atoms with Crippen LogP contribution in [0, 0.1) is 0 Å². The van der Waals surface area contributed by atoms with E-state index in [-0.39, 0.29) is 12.5 Å². The van der Waals surface area contributed by atoms with E-state index in [9.17, 15) is 9.59 Å². The molecule has 0 radical (unpaired) electrons. The molecule has 0 saturated heterocycles. The lowest BCUT2D eigenvalue weighted by Gasteiger charge is -2.21. The maximum atomic E-state index is 11.5. The molecule has 1 amide bonds. The minimum Gasteiger partial charge on any atom is -0.456 e. The van der Waals surface area contributed by atoms with Gasteiger partial charge in [-0.2, -0.15) is 0 Å². The highest BCUT2D eigenvalue weighted by atomic mass is 16.5. The molecule has 0 saturated carbocycles. The van der Waals surface area contributed by atoms with Crippen molar-refractivity contribution < 1.29 is 14.3 Å². The van der Waals surface area contributed by atoms with E-state index in [1.165, 1.54) is 6.92 Å². The van der Waals surface area contributed by atoms with Crippen molar-refractivity contribution in [3.8, 4) is 0 Å². The number of hydrogen-bond acceptors (Lipinski definition) is 4. The van der Waals surface area contributed by atoms with Crippen LogP contribution in [0.2, 0.25) is 0 Å². The molecule has 0 unspecified atom stereocenters. The fourth-order valence-corrected chi connectivity index (χ4v) is 1.73. The second-order valence-electron chi connectivity index (χ2n) is 4.05. The van der Waals surface area contributed by atoms with Gasteiger partial charge in [-0.1, -0.05) is 6.07 Å². The number of carbonyl (C=O) groups excluding carboxylic acids is 2. The van der Waals surface area contributed by atoms with Gasteiger partial charge in [0.15, 0.2) is 6.61 Å². The van der Waals surface area contributed by atoms with Crippen molar-refractivity contribution in [3.63, 3.8) is 0 Å². The number of hydrogen-bond donors (Lipinski definition) is 1. The van der Waals surface area contributed by atoms with Crippen molar-refractivity contribution in [2.75, 3.05) is 29.9 Å². The molecule has 5 nitrogen and oxygen atoms in total. The summed E-state index contributed by atoms with van der Waals surface area (Å²) in [5.74, 6) is -0.807. The fourth-order valence-electron chi connectivity index (χ4n) is 1.73. The van der Waals surface area contributed by atoms with Crippen LogP contribution in [-0.2, 0) is 14.3 Å². The van der Waals surface area contributed by atoms with Crippen molar-refractivity contribution in [1.82, 2.24) is 0 Å². The number of nitrogens with zero attached hydrogens (tertiary/aromatic N) is 1. The molecule has 1 N–H and O–H groups in total. The van der Waals surface area contributed by atoms with E-state index in [4.69, 9.17) is 0 Å². The first-order valence-corrected chi connectivity index (χ1v) is 6.35. The highest BCUT2D eigenvalue weighted by molar-refractivity contribution is 5.93. The molecule has 0 spiro atoms. The molecular weight excluding hydrogens is 244 g/mol. The summed E-state index contributed by atoms with van der Waals surface area (Å²) in [4.78, 5) is 24.3. The lowest BCUT2D eigenvalue weighted by molar-refractivity contribution is -0.144. The average molecular weight is 264 g/mol. The predicted molar refractivity (Wildman–Crippen MR) is 75.3 cm³/mol. The molecule has 0 fully saturated rings. The Morgan fingerprint density at radius 3 is 2.53 bits per heavy atom. The number of nitrogens with one attached hydrogen (secondary N) is 1. The summed E-state index contributed by atoms with van der Waals surface area (Å²) in [6.07, 6.45) is 0. The molecule has 1 rings (SSSR count). The fraction of sp³-hybridized carbons (Fsp3) is 0.429. The zero-order valence-electron chi connectivity index (χ0n) is 11.6. The Morgan fingerprint density at radius 1 is 1.26 bits per heavy atom. The first-order chi connectivity index (χ1) is 9.06. The number of ether oxygens (including phenoxy) is 1. The van der Waals surface area contributed by atoms with Crippen LogP contribution in [0.25, 0.3) is 0 Å². The van der Waals surface area contributed by atoms with Gasteiger partial charge in [-0.25, -0.2) is 0 Å². The van der Waals surface area contributed by atoms with Gasteiger partial charge in [0.25, 0.3) is 5.91 Å². The Morgan fingerprint density at radius 2 is 1.95 bits per heavy atom. The van der Waals surface area contributed by atoms with Crippen LogP contribution in [-0.4, -0.2) is 31.6 Å². The highest BCUT2D eigenvalue weighted by Gasteiger charge is 2.06. The molecule has 0 bridgehead atoms. The van der Waals surface area contributed by atoms with Crippen molar-refractivity contribution in [2.45, 2.75) is 20.8 Å². The Bertz CT molecular complexity index is 442. The van der Waals surface area contributed by atoms with E-state index in [0.29, 0.717) is 5.69 Å². The third-order valence-corrected chi connectivity index (χ3v) is 2.67. The second kappa shape index (κ2) is 7.41. The molecule has 0 atom stereocenters. The Hall–Kier alpha value is -2.04. The lowest BCUT2D eigenvalue weighted by atomic mass is 10.2. The van der Waals surface area contributed by atoms with Crippen LogP contribution >= 0.6 is 0 Å². The van der Waals surface area contributed by atoms with E-state index in [1.807, 2.05) is 18.2 Å². The molecule has 104 valence electrons. The molecule has 0 aliphatic heterocycles. The first-order valence-electron chi connectivity index (χ1n) is 6.35. The smallest absolute Gasteiger partial charge is 0.303 e. The minimum atomic E-state index is -0.466. The largest absolute Gasteiger partial charge is 0.456 e. The van der Waals surface area contributed by atoms with Gasteiger partial charge in [-0.05, 0) is 32.0 Å². The van der Waals surface area contributed by atoms with E-state index in [0.717, 1.165) is 18.8 Å². The maximum absolute atomic E-state index is 11.5. The number of esters is 1. The van der Waals surface area contributed by atoms with Gasteiger partial charge < -0.3 is 15.0 Å². The molecule has 0 heterocycles. The third kappa shape index (κ3) is 4.99. The van der Waals surface area contributed by atoms with Crippen molar-refractivity contribution >= 4 is 23.3 Å². The molecule has 1 aromatic carbocycles. The monoisotopic (exact) mass is 264 g/mol. The zero-order valence-corrected chi connectivity index (χ0v) is 11.6. The zero-order chi connectivity index (χ0) is 14.3. The SMILES string of the molecule is CCN(CC)c1cccc(NC(=O)COC(C)=O)c1. The summed E-state index contributed by atoms with van der Waals surface area (Å²) < 4.78 is 4.63. The van der Waals surface area contributed by atoms with E-state index in [2.05, 4.69) is 28.8 Å². The van der Waals surface area contributed by atoms with Gasteiger partial charge >= 0.3 is 5.97 Å². The first kappa shape index (κ1) is 15.0. The molecule has 0 aliphatic rings. The van der Waals surface area contributed by atoms with Crippen molar-refractivity contribution in [3.05, 3.63) is 24.3 Å². The number of amides is 1. The van der Waals surface area contributed by atoms with Gasteiger partial charge in [-0.15, -0.1) is 0 Å². The minimum absolute atomic E-state index is 0.259. The van der Waals surface area contributed by atoms with Gasteiger partial charge in [-0.3, -0.25) is 9.59 Å². The summed E-state index contributed by atoms with van der Waals surface area (Å²) in [5, 5.41) is 2.70. The van der Waals surface area contributed by atoms with Crippen molar-refractivity contribution in [1.29, 1.82) is 0 Å². The molecule has 5 heteroatoms. The van der Waals surface area contributed by atoms with Crippen molar-refractivity contribution in [2.24, 2.45) is 0 Å². The molecule has 0 aromatic heterocycles. The summed E-state index contributed by atoms with van der Waals surface area (Å²) in [5.41, 5.74) is 1.75. The van der Waals surface area contributed by atoms with E-state index in [1.54, 1.807) is 6.07 Å². The van der Waals surface area contributed by atoms with Crippen LogP contribution in [0.1, 0.15) is 20.8 Å². The highest BCUT2D eigenvalue weighted by Crippen LogP contribution is 2.19. The third-order valence-electron chi connectivity index (χ3n) is 2.67. The molecular formula is C14H20N2O3. The summed E-state index contributed by atoms with van der Waals surface area (Å²) in [6.45, 7) is 6.98. The summed E-state index contributed by atoms with van der Waals surface area (Å²) in [6, 6.07) is 7.58. The van der Waals surface area contributed by atoms with Crippen LogP contribution in [0.5, 0.6) is 0 Å². The Kier molecular flexibility index (Phi) is 5.85. The van der Waals surface area contributed by atoms with Crippen LogP contribution in [0.15, 0.2) is 24.3 Å². The Labute approximate surface area is 113 Å². The summed E-state index contributed by atoms with van der Waals surface area (Å²) >= 11 is 0. The van der Waals surface area contributed by atoms with Gasteiger partial charge in [0.2, 0.25) is 0 Å². The van der Waals surface area contributed by atoms with E-state index < -0.39 is 5.97 Å². The van der Waals surface area contributed by atoms with E-state index >= 15 is 0 Å². The van der Waals surface area contributed by atoms with Crippen LogP contribution in [0.4, 0.5) is 11.4 Å². The number of benzene rings is 1. The van der Waals surface area contributed by atoms with Gasteiger partial charge in [0, 0.05) is 31.4 Å². The standard InChI is InChI=1S/C14H20N2O3/c1-4-16(5-2)13-8-6-7-12(9-13)15-14(18)10-19-11(3)17/h6-9H,4-5,10H2,1-3H3,(H,15,18). The normalized spacial score (nSPS) is 9.84. The van der Waals surface area contributed by atoms with Gasteiger partial charge in [0.05, 0.1) is 0 Å². The second-order valence-corrected chi connectivity index (χ2v) is 4.05. The lowest BCUT2D eigenvalue weighted by Crippen LogP contribution is -2.22. The topological polar surface area (TPSA) is 58.6 Å². The molecule has 19 heavy (non-hydrogen) atoms. The molecule has 0 aliphatic carbocycles. The number of rotatable bonds is 6. The van der Waals surface area contributed by atoms with Gasteiger partial charge in [0.1, 0.15) is 0 Å². The summed E-state index contributed by atoms with van der Waals surface area (Å²) in [7, 11) is 0. The Balaban J connectivity index is 2.66. The molecule has 1 aromatic rings. The number of carbonyl (C=O) groups is 2. The quantitative estimate of drug-likeness (QED) is 0.799. The maximum Gasteiger partial charge on any atom is 0.303 e.